The molecule has 6 nitrogen and oxygen atoms in total. The topological polar surface area (TPSA) is 70.2 Å². The molecule has 0 atom stereocenters. The van der Waals surface area contributed by atoms with Crippen molar-refractivity contribution >= 4 is 27.7 Å². The minimum Gasteiger partial charge on any atom is -0.493 e. The molecule has 0 aliphatic heterocycles. The van der Waals surface area contributed by atoms with Gasteiger partial charge in [-0.05, 0) is 19.2 Å². The average molecular weight is 368 g/mol. The Kier molecular flexibility index (Phi) is 6.29. The first-order chi connectivity index (χ1) is 13.2. The maximum absolute atomic E-state index is 12.2. The number of H-pyrrole nitrogens is 1. The molecule has 3 rings (SSSR count). The Bertz CT molecular complexity index is 915. The molecule has 144 valence electrons. The fraction of sp³-hybridized carbons (Fsp3) is 0.429. The summed E-state index contributed by atoms with van der Waals surface area (Å²) < 4.78 is 5.63. The van der Waals surface area contributed by atoms with Gasteiger partial charge in [-0.15, -0.1) is 0 Å². The summed E-state index contributed by atoms with van der Waals surface area (Å²) in [6.07, 6.45) is 2.81. The lowest BCUT2D eigenvalue weighted by molar-refractivity contribution is -0.121. The van der Waals surface area contributed by atoms with Gasteiger partial charge in [0.2, 0.25) is 5.91 Å². The van der Waals surface area contributed by atoms with E-state index in [1.807, 2.05) is 24.4 Å². The van der Waals surface area contributed by atoms with Crippen molar-refractivity contribution in [1.29, 1.82) is 0 Å². The van der Waals surface area contributed by atoms with Gasteiger partial charge in [-0.2, -0.15) is 0 Å². The van der Waals surface area contributed by atoms with Gasteiger partial charge in [-0.3, -0.25) is 9.78 Å². The molecule has 0 saturated carbocycles. The van der Waals surface area contributed by atoms with Crippen molar-refractivity contribution in [2.75, 3.05) is 33.3 Å². The van der Waals surface area contributed by atoms with Gasteiger partial charge in [0, 0.05) is 48.4 Å². The molecule has 2 aromatic heterocycles. The van der Waals surface area contributed by atoms with Crippen LogP contribution in [0.4, 0.5) is 0 Å². The Morgan fingerprint density at radius 3 is 2.74 bits per heavy atom. The molecule has 0 saturated heterocycles. The summed E-state index contributed by atoms with van der Waals surface area (Å²) in [7, 11) is 1.65. The number of hydrogen-bond donors (Lipinski definition) is 2. The van der Waals surface area contributed by atoms with Crippen molar-refractivity contribution < 1.29 is 9.53 Å². The molecule has 0 aliphatic rings. The van der Waals surface area contributed by atoms with E-state index >= 15 is 0 Å². The van der Waals surface area contributed by atoms with E-state index in [1.54, 1.807) is 7.11 Å². The molecule has 2 N–H and O–H groups in total. The lowest BCUT2D eigenvalue weighted by atomic mass is 10.1. The molecule has 0 bridgehead atoms. The monoisotopic (exact) mass is 368 g/mol. The minimum atomic E-state index is 0.0442. The maximum Gasteiger partial charge on any atom is 0.220 e. The molecule has 0 spiro atoms. The van der Waals surface area contributed by atoms with E-state index < -0.39 is 0 Å². The number of amides is 1. The number of carbonyl (C=O) groups excluding carboxylic acids is 1. The zero-order valence-electron chi connectivity index (χ0n) is 16.3. The van der Waals surface area contributed by atoms with Crippen molar-refractivity contribution in [3.05, 3.63) is 36.2 Å². The lowest BCUT2D eigenvalue weighted by Gasteiger charge is -2.18. The number of rotatable bonds is 9. The van der Waals surface area contributed by atoms with Crippen LogP contribution >= 0.6 is 0 Å². The lowest BCUT2D eigenvalue weighted by Crippen LogP contribution is -2.34. The molecule has 0 radical (unpaired) electrons. The summed E-state index contributed by atoms with van der Waals surface area (Å²) in [4.78, 5) is 22.4. The third kappa shape index (κ3) is 4.22. The van der Waals surface area contributed by atoms with Crippen LogP contribution in [0.5, 0.6) is 5.75 Å². The predicted molar refractivity (Wildman–Crippen MR) is 109 cm³/mol. The summed E-state index contributed by atoms with van der Waals surface area (Å²) in [6.45, 7) is 7.80. The first-order valence-electron chi connectivity index (χ1n) is 9.59. The number of benzene rings is 1. The second-order valence-electron chi connectivity index (χ2n) is 6.57. The number of nitrogens with one attached hydrogen (secondary N) is 2. The zero-order chi connectivity index (χ0) is 19.2. The van der Waals surface area contributed by atoms with Gasteiger partial charge in [-0.25, -0.2) is 0 Å². The fourth-order valence-electron chi connectivity index (χ4n) is 3.43. The summed E-state index contributed by atoms with van der Waals surface area (Å²) in [6, 6.07) is 8.12. The largest absolute Gasteiger partial charge is 0.493 e. The summed E-state index contributed by atoms with van der Waals surface area (Å²) >= 11 is 0. The van der Waals surface area contributed by atoms with Crippen LogP contribution in [0.3, 0.4) is 0 Å². The second kappa shape index (κ2) is 8.86. The third-order valence-electron chi connectivity index (χ3n) is 5.02. The highest BCUT2D eigenvalue weighted by molar-refractivity contribution is 6.08. The molecular formula is C21H28N4O2. The molecule has 1 aromatic carbocycles. The minimum absolute atomic E-state index is 0.0442. The number of hydrogen-bond acceptors (Lipinski definition) is 4. The normalized spacial score (nSPS) is 11.4. The number of aromatic nitrogens is 2. The van der Waals surface area contributed by atoms with E-state index in [9.17, 15) is 4.79 Å². The maximum atomic E-state index is 12.2. The summed E-state index contributed by atoms with van der Waals surface area (Å²) in [5, 5.41) is 5.15. The number of ether oxygens (including phenoxy) is 1. The highest BCUT2D eigenvalue weighted by atomic mass is 16.5. The molecule has 27 heavy (non-hydrogen) atoms. The highest BCUT2D eigenvalue weighted by Crippen LogP contribution is 2.33. The molecular weight excluding hydrogens is 340 g/mol. The number of aromatic amines is 1. The average Bonchev–Trinajstić information content (AvgIpc) is 3.08. The van der Waals surface area contributed by atoms with Crippen LogP contribution in [0.2, 0.25) is 0 Å². The number of methoxy groups -OCH3 is 1. The number of aryl methyl sites for hydroxylation is 1. The van der Waals surface area contributed by atoms with Crippen molar-refractivity contribution in [2.24, 2.45) is 0 Å². The molecule has 0 aliphatic carbocycles. The van der Waals surface area contributed by atoms with E-state index in [0.29, 0.717) is 19.4 Å². The predicted octanol–water partition coefficient (Wildman–Crippen LogP) is 3.12. The molecule has 6 heteroatoms. The smallest absolute Gasteiger partial charge is 0.220 e. The second-order valence-corrected chi connectivity index (χ2v) is 6.57. The number of nitrogens with zero attached hydrogens (tertiary/aromatic N) is 2. The van der Waals surface area contributed by atoms with Gasteiger partial charge in [0.05, 0.1) is 18.3 Å². The number of para-hydroxylation sites is 1. The zero-order valence-corrected chi connectivity index (χ0v) is 16.3. The quantitative estimate of drug-likeness (QED) is 0.609. The molecule has 3 aromatic rings. The van der Waals surface area contributed by atoms with Crippen LogP contribution in [0.25, 0.3) is 21.8 Å². The van der Waals surface area contributed by atoms with E-state index in [1.165, 1.54) is 0 Å². The molecule has 0 unspecified atom stereocenters. The Labute approximate surface area is 159 Å². The highest BCUT2D eigenvalue weighted by Gasteiger charge is 2.15. The van der Waals surface area contributed by atoms with E-state index in [2.05, 4.69) is 40.1 Å². The molecule has 2 heterocycles. The van der Waals surface area contributed by atoms with E-state index in [4.69, 9.17) is 4.74 Å². The van der Waals surface area contributed by atoms with Gasteiger partial charge in [0.1, 0.15) is 0 Å². The number of carbonyl (C=O) groups is 1. The van der Waals surface area contributed by atoms with Crippen molar-refractivity contribution in [3.63, 3.8) is 0 Å². The Hall–Kier alpha value is -2.60. The van der Waals surface area contributed by atoms with Crippen LogP contribution in [0.1, 0.15) is 26.0 Å². The van der Waals surface area contributed by atoms with Gasteiger partial charge >= 0.3 is 0 Å². The first-order valence-corrected chi connectivity index (χ1v) is 9.59. The molecule has 0 fully saturated rings. The number of fused-ring (bicyclic) bond motifs is 3. The van der Waals surface area contributed by atoms with Crippen LogP contribution in [0, 0.1) is 0 Å². The Morgan fingerprint density at radius 1 is 1.22 bits per heavy atom. The van der Waals surface area contributed by atoms with Crippen LogP contribution in [0.15, 0.2) is 30.5 Å². The van der Waals surface area contributed by atoms with E-state index in [0.717, 1.165) is 52.9 Å². The SMILES string of the molecule is CCN(CC)CCNC(=O)CCc1ncc2c([nH]c3ccccc32)c1OC. The van der Waals surface area contributed by atoms with Crippen molar-refractivity contribution in [1.82, 2.24) is 20.2 Å². The van der Waals surface area contributed by atoms with Crippen LogP contribution in [-0.2, 0) is 11.2 Å². The molecule has 1 amide bonds. The fourth-order valence-corrected chi connectivity index (χ4v) is 3.43. The van der Waals surface area contributed by atoms with Gasteiger partial charge < -0.3 is 19.9 Å². The van der Waals surface area contributed by atoms with Crippen molar-refractivity contribution in [3.8, 4) is 5.75 Å². The first kappa shape index (κ1) is 19.2. The number of pyridine rings is 1. The third-order valence-corrected chi connectivity index (χ3v) is 5.02. The Morgan fingerprint density at radius 2 is 2.00 bits per heavy atom. The van der Waals surface area contributed by atoms with Gasteiger partial charge in [-0.1, -0.05) is 32.0 Å². The summed E-state index contributed by atoms with van der Waals surface area (Å²) in [5.74, 6) is 0.766. The summed E-state index contributed by atoms with van der Waals surface area (Å²) in [5.41, 5.74) is 2.79. The van der Waals surface area contributed by atoms with Crippen LogP contribution in [-0.4, -0.2) is 54.1 Å². The standard InChI is InChI=1S/C21H28N4O2/c1-4-25(5-2)13-12-22-19(26)11-10-18-21(27-3)20-16(14-23-18)15-8-6-7-9-17(15)24-20/h6-9,14,24H,4-5,10-13H2,1-3H3,(H,22,26). The number of likely N-dealkylation sites (N-methyl/N-ethyl adjacent to an activating group) is 1. The van der Waals surface area contributed by atoms with Crippen molar-refractivity contribution in [2.45, 2.75) is 26.7 Å². The van der Waals surface area contributed by atoms with Gasteiger partial charge in [0.15, 0.2) is 5.75 Å². The van der Waals surface area contributed by atoms with Crippen LogP contribution < -0.4 is 10.1 Å². The van der Waals surface area contributed by atoms with Gasteiger partial charge in [0.25, 0.3) is 0 Å². The Balaban J connectivity index is 1.68. The van der Waals surface area contributed by atoms with E-state index in [-0.39, 0.29) is 5.91 Å².